The van der Waals surface area contributed by atoms with Crippen LogP contribution in [0, 0.1) is 0 Å². The van der Waals surface area contributed by atoms with E-state index in [2.05, 4.69) is 4.98 Å². The van der Waals surface area contributed by atoms with Crippen LogP contribution in [0.15, 0.2) is 12.3 Å². The first-order chi connectivity index (χ1) is 7.76. The zero-order chi connectivity index (χ0) is 11.5. The number of hydrogen-bond acceptors (Lipinski definition) is 5. The highest BCUT2D eigenvalue weighted by molar-refractivity contribution is 5.71. The summed E-state index contributed by atoms with van der Waals surface area (Å²) in [5.41, 5.74) is 1.68. The number of carbonyl (C=O) groups excluding carboxylic acids is 1. The second-order valence-electron chi connectivity index (χ2n) is 3.48. The normalized spacial score (nSPS) is 19.6. The highest BCUT2D eigenvalue weighted by Gasteiger charge is 2.26. The number of methoxy groups -OCH3 is 2. The van der Waals surface area contributed by atoms with E-state index in [0.717, 1.165) is 11.1 Å². The lowest BCUT2D eigenvalue weighted by molar-refractivity contribution is -0.146. The lowest BCUT2D eigenvalue weighted by Crippen LogP contribution is -2.07. The Morgan fingerprint density at radius 1 is 1.50 bits per heavy atom. The zero-order valence-electron chi connectivity index (χ0n) is 9.23. The topological polar surface area (TPSA) is 57.7 Å². The number of rotatable bonds is 2. The smallest absolute Gasteiger partial charge is 0.309 e. The van der Waals surface area contributed by atoms with Crippen LogP contribution < -0.4 is 4.74 Å². The monoisotopic (exact) mass is 223 g/mol. The fraction of sp³-hybridized carbons (Fsp3) is 0.455. The van der Waals surface area contributed by atoms with Gasteiger partial charge >= 0.3 is 5.97 Å². The van der Waals surface area contributed by atoms with Crippen molar-refractivity contribution < 1.29 is 19.0 Å². The van der Waals surface area contributed by atoms with Gasteiger partial charge in [0.15, 0.2) is 0 Å². The second kappa shape index (κ2) is 4.49. The summed E-state index contributed by atoms with van der Waals surface area (Å²) >= 11 is 0. The number of cyclic esters (lactones) is 1. The van der Waals surface area contributed by atoms with Gasteiger partial charge in [-0.2, -0.15) is 0 Å². The van der Waals surface area contributed by atoms with E-state index in [1.54, 1.807) is 13.3 Å². The summed E-state index contributed by atoms with van der Waals surface area (Å²) in [6, 6.07) is 1.83. The van der Waals surface area contributed by atoms with Crippen LogP contribution in [0.4, 0.5) is 0 Å². The lowest BCUT2D eigenvalue weighted by atomic mass is 10.0. The molecule has 0 unspecified atom stereocenters. The summed E-state index contributed by atoms with van der Waals surface area (Å²) in [5.74, 6) is 0.208. The highest BCUT2D eigenvalue weighted by Crippen LogP contribution is 2.32. The molecule has 1 atom stereocenters. The van der Waals surface area contributed by atoms with Gasteiger partial charge in [0.1, 0.15) is 6.61 Å². The molecule has 1 aromatic heterocycles. The molecule has 0 saturated heterocycles. The van der Waals surface area contributed by atoms with Gasteiger partial charge in [0.05, 0.1) is 25.2 Å². The summed E-state index contributed by atoms with van der Waals surface area (Å²) in [7, 11) is 3.11. The van der Waals surface area contributed by atoms with Gasteiger partial charge in [-0.25, -0.2) is 4.98 Å². The van der Waals surface area contributed by atoms with E-state index in [4.69, 9.17) is 14.2 Å². The Hall–Kier alpha value is -1.62. The van der Waals surface area contributed by atoms with Crippen LogP contribution in [0.3, 0.4) is 0 Å². The summed E-state index contributed by atoms with van der Waals surface area (Å²) in [6.07, 6.45) is 1.57. The highest BCUT2D eigenvalue weighted by atomic mass is 16.5. The Morgan fingerprint density at radius 3 is 3.00 bits per heavy atom. The van der Waals surface area contributed by atoms with Crippen LogP contribution in [0.2, 0.25) is 0 Å². The minimum atomic E-state index is -0.290. The summed E-state index contributed by atoms with van der Waals surface area (Å²) in [5, 5.41) is 0. The average molecular weight is 223 g/mol. The van der Waals surface area contributed by atoms with Crippen molar-refractivity contribution in [2.24, 2.45) is 0 Å². The van der Waals surface area contributed by atoms with Gasteiger partial charge < -0.3 is 14.2 Å². The van der Waals surface area contributed by atoms with Gasteiger partial charge in [-0.3, -0.25) is 4.79 Å². The lowest BCUT2D eigenvalue weighted by Gasteiger charge is -2.14. The molecule has 0 spiro atoms. The van der Waals surface area contributed by atoms with E-state index in [0.29, 0.717) is 5.88 Å². The number of aromatic nitrogens is 1. The van der Waals surface area contributed by atoms with Gasteiger partial charge in [-0.05, 0) is 11.6 Å². The van der Waals surface area contributed by atoms with Crippen molar-refractivity contribution in [3.05, 3.63) is 23.4 Å². The quantitative estimate of drug-likeness (QED) is 0.706. The molecule has 0 amide bonds. The van der Waals surface area contributed by atoms with Gasteiger partial charge in [0.2, 0.25) is 5.88 Å². The van der Waals surface area contributed by atoms with Crippen LogP contribution in [-0.2, 0) is 20.9 Å². The Bertz CT molecular complexity index is 405. The molecule has 0 fully saturated rings. The second-order valence-corrected chi connectivity index (χ2v) is 3.48. The summed E-state index contributed by atoms with van der Waals surface area (Å²) < 4.78 is 15.5. The van der Waals surface area contributed by atoms with E-state index in [9.17, 15) is 4.79 Å². The molecule has 5 heteroatoms. The molecule has 0 saturated carbocycles. The number of hydrogen-bond donors (Lipinski definition) is 0. The maximum atomic E-state index is 11.4. The van der Waals surface area contributed by atoms with E-state index in [1.165, 1.54) is 7.11 Å². The molecule has 0 aromatic carbocycles. The minimum absolute atomic E-state index is 0.186. The third-order valence-corrected chi connectivity index (χ3v) is 2.61. The van der Waals surface area contributed by atoms with Gasteiger partial charge in [0.25, 0.3) is 0 Å². The summed E-state index contributed by atoms with van der Waals surface area (Å²) in [4.78, 5) is 15.4. The number of pyridine rings is 1. The van der Waals surface area contributed by atoms with Gasteiger partial charge in [-0.15, -0.1) is 0 Å². The van der Waals surface area contributed by atoms with Crippen LogP contribution in [0.1, 0.15) is 23.7 Å². The number of ether oxygens (including phenoxy) is 3. The van der Waals surface area contributed by atoms with Crippen molar-refractivity contribution in [3.8, 4) is 5.88 Å². The van der Waals surface area contributed by atoms with Crippen LogP contribution in [-0.4, -0.2) is 25.2 Å². The van der Waals surface area contributed by atoms with Crippen molar-refractivity contribution in [2.75, 3.05) is 14.2 Å². The minimum Gasteiger partial charge on any atom is -0.481 e. The van der Waals surface area contributed by atoms with E-state index < -0.39 is 0 Å². The Kier molecular flexibility index (Phi) is 3.05. The number of esters is 1. The first kappa shape index (κ1) is 10.9. The number of nitrogens with zero attached hydrogens (tertiary/aromatic N) is 1. The van der Waals surface area contributed by atoms with Crippen molar-refractivity contribution in [2.45, 2.75) is 19.1 Å². The van der Waals surface area contributed by atoms with Crippen molar-refractivity contribution in [3.63, 3.8) is 0 Å². The van der Waals surface area contributed by atoms with Gasteiger partial charge in [0, 0.05) is 13.3 Å². The molecule has 1 aliphatic heterocycles. The SMILES string of the molecule is COc1nccc2c1COC(=O)C[C@H]2OC. The Balaban J connectivity index is 2.47. The standard InChI is InChI=1S/C11H13NO4/c1-14-9-5-10(13)16-6-8-7(9)3-4-12-11(8)15-2/h3-4,9H,5-6H2,1-2H3/t9-/m1/s1. The third-order valence-electron chi connectivity index (χ3n) is 2.61. The predicted octanol–water partition coefficient (Wildman–Crippen LogP) is 1.22. The predicted molar refractivity (Wildman–Crippen MR) is 55.0 cm³/mol. The zero-order valence-corrected chi connectivity index (χ0v) is 9.23. The molecular weight excluding hydrogens is 210 g/mol. The number of carbonyl (C=O) groups is 1. The fourth-order valence-corrected chi connectivity index (χ4v) is 1.79. The van der Waals surface area contributed by atoms with E-state index >= 15 is 0 Å². The first-order valence-electron chi connectivity index (χ1n) is 4.96. The first-order valence-corrected chi connectivity index (χ1v) is 4.96. The Labute approximate surface area is 93.3 Å². The van der Waals surface area contributed by atoms with E-state index in [-0.39, 0.29) is 25.1 Å². The molecule has 0 N–H and O–H groups in total. The van der Waals surface area contributed by atoms with Crippen LogP contribution in [0.5, 0.6) is 5.88 Å². The maximum Gasteiger partial charge on any atom is 0.309 e. The summed E-state index contributed by atoms with van der Waals surface area (Å²) in [6.45, 7) is 0.186. The molecule has 1 aromatic rings. The molecule has 2 rings (SSSR count). The molecule has 0 aliphatic carbocycles. The van der Waals surface area contributed by atoms with E-state index in [1.807, 2.05) is 6.07 Å². The molecule has 1 aliphatic rings. The average Bonchev–Trinajstić information content (AvgIpc) is 2.48. The molecule has 86 valence electrons. The molecule has 2 heterocycles. The van der Waals surface area contributed by atoms with Crippen molar-refractivity contribution in [1.29, 1.82) is 0 Å². The van der Waals surface area contributed by atoms with Crippen LogP contribution >= 0.6 is 0 Å². The largest absolute Gasteiger partial charge is 0.481 e. The Morgan fingerprint density at radius 2 is 2.31 bits per heavy atom. The molecule has 16 heavy (non-hydrogen) atoms. The molecule has 0 radical (unpaired) electrons. The molecule has 0 bridgehead atoms. The number of fused-ring (bicyclic) bond motifs is 1. The molecular formula is C11H13NO4. The van der Waals surface area contributed by atoms with Crippen molar-refractivity contribution in [1.82, 2.24) is 4.98 Å². The van der Waals surface area contributed by atoms with Gasteiger partial charge in [-0.1, -0.05) is 0 Å². The van der Waals surface area contributed by atoms with Crippen molar-refractivity contribution >= 4 is 5.97 Å². The fourth-order valence-electron chi connectivity index (χ4n) is 1.79. The third kappa shape index (κ3) is 1.86. The van der Waals surface area contributed by atoms with Crippen LogP contribution in [0.25, 0.3) is 0 Å². The maximum absolute atomic E-state index is 11.4. The molecule has 5 nitrogen and oxygen atoms in total.